The van der Waals surface area contributed by atoms with Crippen LogP contribution in [0, 0.1) is 13.8 Å². The lowest BCUT2D eigenvalue weighted by Crippen LogP contribution is -2.39. The minimum absolute atomic E-state index is 0.0385. The van der Waals surface area contributed by atoms with E-state index in [0.29, 0.717) is 6.54 Å². The second-order valence-electron chi connectivity index (χ2n) is 7.18. The molecule has 0 saturated heterocycles. The molecule has 1 aliphatic rings. The van der Waals surface area contributed by atoms with E-state index in [2.05, 4.69) is 16.7 Å². The topological polar surface area (TPSA) is 61.4 Å². The minimum atomic E-state index is -0.110. The predicted molar refractivity (Wildman–Crippen MR) is 106 cm³/mol. The van der Waals surface area contributed by atoms with E-state index in [0.717, 1.165) is 29.7 Å². The van der Waals surface area contributed by atoms with Crippen LogP contribution in [0.3, 0.4) is 0 Å². The number of likely N-dealkylation sites (N-methyl/N-ethyl adjacent to an activating group) is 1. The molecule has 0 heterocycles. The number of allylic oxidation sites excluding steroid dienone is 1. The molecule has 1 aromatic carbocycles. The van der Waals surface area contributed by atoms with Crippen LogP contribution in [0.25, 0.3) is 0 Å². The monoisotopic (exact) mass is 357 g/mol. The van der Waals surface area contributed by atoms with Crippen molar-refractivity contribution in [3.05, 3.63) is 41.0 Å². The molecule has 0 bridgehead atoms. The zero-order valence-electron chi connectivity index (χ0n) is 16.2. The summed E-state index contributed by atoms with van der Waals surface area (Å²) in [5.41, 5.74) is 4.49. The maximum Gasteiger partial charge on any atom is 0.238 e. The van der Waals surface area contributed by atoms with Gasteiger partial charge in [0.15, 0.2) is 0 Å². The van der Waals surface area contributed by atoms with E-state index in [4.69, 9.17) is 0 Å². The molecule has 26 heavy (non-hydrogen) atoms. The second kappa shape index (κ2) is 10.1. The van der Waals surface area contributed by atoms with E-state index in [9.17, 15) is 9.59 Å². The van der Waals surface area contributed by atoms with Crippen LogP contribution in [0.4, 0.5) is 5.69 Å². The highest BCUT2D eigenvalue weighted by Crippen LogP contribution is 2.19. The third kappa shape index (κ3) is 6.64. The third-order valence-electron chi connectivity index (χ3n) is 4.86. The van der Waals surface area contributed by atoms with Crippen LogP contribution in [0.1, 0.15) is 43.2 Å². The Morgan fingerprint density at radius 2 is 1.88 bits per heavy atom. The van der Waals surface area contributed by atoms with Crippen molar-refractivity contribution in [2.75, 3.05) is 32.0 Å². The van der Waals surface area contributed by atoms with E-state index in [1.807, 2.05) is 32.0 Å². The van der Waals surface area contributed by atoms with Gasteiger partial charge in [-0.2, -0.15) is 0 Å². The van der Waals surface area contributed by atoms with Gasteiger partial charge in [-0.15, -0.1) is 0 Å². The highest BCUT2D eigenvalue weighted by molar-refractivity contribution is 5.93. The van der Waals surface area contributed by atoms with Crippen LogP contribution >= 0.6 is 0 Å². The first-order chi connectivity index (χ1) is 12.5. The van der Waals surface area contributed by atoms with Gasteiger partial charge in [-0.3, -0.25) is 14.5 Å². The summed E-state index contributed by atoms with van der Waals surface area (Å²) in [7, 11) is 1.78. The van der Waals surface area contributed by atoms with E-state index < -0.39 is 0 Å². The number of rotatable bonds is 8. The van der Waals surface area contributed by atoms with Gasteiger partial charge >= 0.3 is 0 Å². The van der Waals surface area contributed by atoms with Crippen LogP contribution in [-0.4, -0.2) is 43.4 Å². The molecule has 2 N–H and O–H groups in total. The molecule has 0 fully saturated rings. The molecule has 5 nitrogen and oxygen atoms in total. The number of carbonyl (C=O) groups excluding carboxylic acids is 2. The zero-order valence-corrected chi connectivity index (χ0v) is 16.2. The molecule has 5 heteroatoms. The van der Waals surface area contributed by atoms with Crippen LogP contribution in [0.15, 0.2) is 29.8 Å². The fourth-order valence-electron chi connectivity index (χ4n) is 3.17. The first kappa shape index (κ1) is 20.2. The third-order valence-corrected chi connectivity index (χ3v) is 4.86. The highest BCUT2D eigenvalue weighted by Gasteiger charge is 2.12. The van der Waals surface area contributed by atoms with Gasteiger partial charge < -0.3 is 10.6 Å². The molecular formula is C21H31N3O2. The molecule has 1 aliphatic carbocycles. The smallest absolute Gasteiger partial charge is 0.238 e. The molecule has 0 aromatic heterocycles. The summed E-state index contributed by atoms with van der Waals surface area (Å²) in [5.74, 6) is -0.148. The van der Waals surface area contributed by atoms with Gasteiger partial charge in [0.2, 0.25) is 11.8 Å². The Labute approximate surface area is 156 Å². The fraction of sp³-hybridized carbons (Fsp3) is 0.524. The first-order valence-electron chi connectivity index (χ1n) is 9.45. The predicted octanol–water partition coefficient (Wildman–Crippen LogP) is 3.18. The van der Waals surface area contributed by atoms with Gasteiger partial charge in [-0.1, -0.05) is 23.8 Å². The molecule has 0 saturated carbocycles. The van der Waals surface area contributed by atoms with Crippen molar-refractivity contribution in [1.29, 1.82) is 0 Å². The lowest BCUT2D eigenvalue weighted by atomic mass is 9.97. The van der Waals surface area contributed by atoms with Crippen molar-refractivity contribution in [3.63, 3.8) is 0 Å². The standard InChI is InChI=1S/C21H31N3O2/c1-16-8-7-11-19(17(16)2)23-21(26)15-24(3)14-20(25)22-13-12-18-9-5-4-6-10-18/h7-9,11H,4-6,10,12-15H2,1-3H3,(H,22,25)(H,23,26). The molecular weight excluding hydrogens is 326 g/mol. The Morgan fingerprint density at radius 1 is 1.12 bits per heavy atom. The Morgan fingerprint density at radius 3 is 2.62 bits per heavy atom. The van der Waals surface area contributed by atoms with E-state index in [1.54, 1.807) is 11.9 Å². The van der Waals surface area contributed by atoms with Crippen LogP contribution in [-0.2, 0) is 9.59 Å². The molecule has 142 valence electrons. The van der Waals surface area contributed by atoms with Crippen molar-refractivity contribution in [2.24, 2.45) is 0 Å². The number of nitrogens with one attached hydrogen (secondary N) is 2. The quantitative estimate of drug-likeness (QED) is 0.703. The van der Waals surface area contributed by atoms with Crippen molar-refractivity contribution in [1.82, 2.24) is 10.2 Å². The summed E-state index contributed by atoms with van der Waals surface area (Å²) < 4.78 is 0. The number of benzene rings is 1. The lowest BCUT2D eigenvalue weighted by molar-refractivity contribution is -0.122. The Balaban J connectivity index is 1.69. The van der Waals surface area contributed by atoms with Gasteiger partial charge in [0.25, 0.3) is 0 Å². The number of nitrogens with zero attached hydrogens (tertiary/aromatic N) is 1. The van der Waals surface area contributed by atoms with E-state index in [1.165, 1.54) is 24.8 Å². The van der Waals surface area contributed by atoms with Crippen molar-refractivity contribution >= 4 is 17.5 Å². The molecule has 0 unspecified atom stereocenters. The first-order valence-corrected chi connectivity index (χ1v) is 9.45. The summed E-state index contributed by atoms with van der Waals surface area (Å²) in [6.07, 6.45) is 8.11. The van der Waals surface area contributed by atoms with Crippen molar-refractivity contribution in [2.45, 2.75) is 46.0 Å². The zero-order chi connectivity index (χ0) is 18.9. The molecule has 0 atom stereocenters. The SMILES string of the molecule is Cc1cccc(NC(=O)CN(C)CC(=O)NCCC2=CCCCC2)c1C. The summed E-state index contributed by atoms with van der Waals surface area (Å²) >= 11 is 0. The summed E-state index contributed by atoms with van der Waals surface area (Å²) in [4.78, 5) is 26.0. The maximum absolute atomic E-state index is 12.2. The van der Waals surface area contributed by atoms with Crippen LogP contribution in [0.2, 0.25) is 0 Å². The van der Waals surface area contributed by atoms with Gasteiger partial charge in [0.05, 0.1) is 13.1 Å². The van der Waals surface area contributed by atoms with Crippen molar-refractivity contribution < 1.29 is 9.59 Å². The maximum atomic E-state index is 12.2. The van der Waals surface area contributed by atoms with Gasteiger partial charge in [0.1, 0.15) is 0 Å². The summed E-state index contributed by atoms with van der Waals surface area (Å²) in [6, 6.07) is 5.84. The molecule has 1 aromatic rings. The van der Waals surface area contributed by atoms with Gasteiger partial charge in [-0.25, -0.2) is 0 Å². The molecule has 0 aliphatic heterocycles. The lowest BCUT2D eigenvalue weighted by Gasteiger charge is -2.17. The fourth-order valence-corrected chi connectivity index (χ4v) is 3.17. The highest BCUT2D eigenvalue weighted by atomic mass is 16.2. The van der Waals surface area contributed by atoms with Crippen LogP contribution < -0.4 is 10.6 Å². The average molecular weight is 357 g/mol. The minimum Gasteiger partial charge on any atom is -0.355 e. The summed E-state index contributed by atoms with van der Waals surface area (Å²) in [5, 5.41) is 5.87. The normalized spacial score (nSPS) is 14.1. The second-order valence-corrected chi connectivity index (χ2v) is 7.18. The number of amides is 2. The average Bonchev–Trinajstić information content (AvgIpc) is 2.59. The molecule has 2 rings (SSSR count). The number of hydrogen-bond donors (Lipinski definition) is 2. The summed E-state index contributed by atoms with van der Waals surface area (Å²) in [6.45, 7) is 5.09. The molecule has 2 amide bonds. The Hall–Kier alpha value is -2.14. The Bertz CT molecular complexity index is 667. The van der Waals surface area contributed by atoms with Crippen LogP contribution in [0.5, 0.6) is 0 Å². The van der Waals surface area contributed by atoms with E-state index >= 15 is 0 Å². The van der Waals surface area contributed by atoms with Crippen molar-refractivity contribution in [3.8, 4) is 0 Å². The van der Waals surface area contributed by atoms with Gasteiger partial charge in [-0.05, 0) is 70.2 Å². The van der Waals surface area contributed by atoms with Gasteiger partial charge in [0, 0.05) is 12.2 Å². The number of hydrogen-bond acceptors (Lipinski definition) is 3. The number of aryl methyl sites for hydroxylation is 1. The number of carbonyl (C=O) groups is 2. The largest absolute Gasteiger partial charge is 0.355 e. The molecule has 0 radical (unpaired) electrons. The number of anilines is 1. The Kier molecular flexibility index (Phi) is 7.85. The van der Waals surface area contributed by atoms with E-state index in [-0.39, 0.29) is 24.9 Å². The molecule has 0 spiro atoms.